The first-order valence-electron chi connectivity index (χ1n) is 6.89. The van der Waals surface area contributed by atoms with Crippen LogP contribution in [0.15, 0.2) is 45.5 Å². The van der Waals surface area contributed by atoms with E-state index in [1.54, 1.807) is 0 Å². The summed E-state index contributed by atoms with van der Waals surface area (Å²) in [7, 11) is 0. The summed E-state index contributed by atoms with van der Waals surface area (Å²) >= 11 is 13.3. The highest BCUT2D eigenvalue weighted by atomic mass is 79.9. The van der Waals surface area contributed by atoms with E-state index in [0.29, 0.717) is 0 Å². The highest BCUT2D eigenvalue weighted by molar-refractivity contribution is 9.10. The van der Waals surface area contributed by atoms with Crippen LogP contribution in [0.5, 0.6) is 0 Å². The Morgan fingerprint density at radius 2 is 1.95 bits per heavy atom. The van der Waals surface area contributed by atoms with Crippen molar-refractivity contribution in [3.63, 3.8) is 0 Å². The van der Waals surface area contributed by atoms with E-state index in [4.69, 9.17) is 11.6 Å². The third-order valence-electron chi connectivity index (χ3n) is 3.18. The Morgan fingerprint density at radius 1 is 1.19 bits per heavy atom. The van der Waals surface area contributed by atoms with Gasteiger partial charge in [0.05, 0.1) is 0 Å². The van der Waals surface area contributed by atoms with Crippen LogP contribution in [0.3, 0.4) is 0 Å². The molecule has 0 aliphatic carbocycles. The highest BCUT2D eigenvalue weighted by Gasteiger charge is 2.15. The fraction of sp³-hybridized carbons (Fsp3) is 0.312. The Labute approximate surface area is 147 Å². The first-order valence-corrected chi connectivity index (χ1v) is 8.85. The standard InChI is InChI=1S/C16H17Br2ClN2/c1-2-7-20-16(9-13-5-3-12(18)10-21-13)14-6-4-11(17)8-15(14)19/h3-6,8,10,16,20H,2,7,9H2,1H3. The molecule has 0 aliphatic heterocycles. The first-order chi connectivity index (χ1) is 10.1. The van der Waals surface area contributed by atoms with E-state index in [9.17, 15) is 0 Å². The van der Waals surface area contributed by atoms with Crippen molar-refractivity contribution in [2.45, 2.75) is 25.8 Å². The molecule has 1 heterocycles. The SMILES string of the molecule is CCCNC(Cc1ccc(Br)cn1)c1ccc(Br)cc1Cl. The van der Waals surface area contributed by atoms with E-state index < -0.39 is 0 Å². The van der Waals surface area contributed by atoms with E-state index >= 15 is 0 Å². The van der Waals surface area contributed by atoms with Crippen molar-refractivity contribution in [1.82, 2.24) is 10.3 Å². The molecule has 0 radical (unpaired) electrons. The van der Waals surface area contributed by atoms with Gasteiger partial charge in [0.2, 0.25) is 0 Å². The highest BCUT2D eigenvalue weighted by Crippen LogP contribution is 2.28. The average Bonchev–Trinajstić information content (AvgIpc) is 2.46. The van der Waals surface area contributed by atoms with E-state index in [1.165, 1.54) is 0 Å². The number of nitrogens with one attached hydrogen (secondary N) is 1. The topological polar surface area (TPSA) is 24.9 Å². The molecule has 0 bridgehead atoms. The van der Waals surface area contributed by atoms with Gasteiger partial charge < -0.3 is 5.32 Å². The number of aromatic nitrogens is 1. The molecule has 0 saturated heterocycles. The molecule has 5 heteroatoms. The van der Waals surface area contributed by atoms with Crippen molar-refractivity contribution >= 4 is 43.5 Å². The van der Waals surface area contributed by atoms with Gasteiger partial charge in [-0.2, -0.15) is 0 Å². The Morgan fingerprint density at radius 3 is 2.57 bits per heavy atom. The van der Waals surface area contributed by atoms with Crippen molar-refractivity contribution in [3.8, 4) is 0 Å². The molecule has 2 aromatic rings. The molecule has 0 amide bonds. The summed E-state index contributed by atoms with van der Waals surface area (Å²) in [6, 6.07) is 10.3. The molecule has 1 atom stereocenters. The lowest BCUT2D eigenvalue weighted by Gasteiger charge is -2.20. The zero-order valence-electron chi connectivity index (χ0n) is 11.7. The molecule has 2 nitrogen and oxygen atoms in total. The van der Waals surface area contributed by atoms with Gasteiger partial charge in [-0.25, -0.2) is 0 Å². The van der Waals surface area contributed by atoms with Crippen LogP contribution in [-0.2, 0) is 6.42 Å². The molecule has 0 saturated carbocycles. The summed E-state index contributed by atoms with van der Waals surface area (Å²) < 4.78 is 1.98. The zero-order chi connectivity index (χ0) is 15.2. The molecular weight excluding hydrogens is 415 g/mol. The van der Waals surface area contributed by atoms with Gasteiger partial charge in [-0.3, -0.25) is 4.98 Å². The minimum absolute atomic E-state index is 0.166. The van der Waals surface area contributed by atoms with E-state index in [-0.39, 0.29) is 6.04 Å². The smallest absolute Gasteiger partial charge is 0.0465 e. The second kappa shape index (κ2) is 8.28. The summed E-state index contributed by atoms with van der Waals surface area (Å²) in [5.41, 5.74) is 2.16. The van der Waals surface area contributed by atoms with Gasteiger partial charge in [0.15, 0.2) is 0 Å². The molecule has 1 aromatic heterocycles. The summed E-state index contributed by atoms with van der Waals surface area (Å²) in [5, 5.41) is 4.33. The van der Waals surface area contributed by atoms with E-state index in [0.717, 1.165) is 44.6 Å². The molecule has 0 spiro atoms. The molecule has 0 fully saturated rings. The number of halogens is 3. The quantitative estimate of drug-likeness (QED) is 0.648. The van der Waals surface area contributed by atoms with Crippen molar-refractivity contribution in [2.75, 3.05) is 6.54 Å². The van der Waals surface area contributed by atoms with Crippen LogP contribution in [0.1, 0.15) is 30.6 Å². The van der Waals surface area contributed by atoms with Crippen LogP contribution in [-0.4, -0.2) is 11.5 Å². The minimum Gasteiger partial charge on any atom is -0.310 e. The molecule has 2 rings (SSSR count). The lowest BCUT2D eigenvalue weighted by atomic mass is 10.0. The van der Waals surface area contributed by atoms with Gasteiger partial charge in [0.25, 0.3) is 0 Å². The number of benzene rings is 1. The summed E-state index contributed by atoms with van der Waals surface area (Å²) in [4.78, 5) is 4.46. The van der Waals surface area contributed by atoms with E-state index in [1.807, 2.05) is 30.5 Å². The van der Waals surface area contributed by atoms with Gasteiger partial charge >= 0.3 is 0 Å². The van der Waals surface area contributed by atoms with Crippen molar-refractivity contribution in [2.24, 2.45) is 0 Å². The van der Waals surface area contributed by atoms with Crippen LogP contribution >= 0.6 is 43.5 Å². The zero-order valence-corrected chi connectivity index (χ0v) is 15.7. The number of rotatable bonds is 6. The summed E-state index contributed by atoms with van der Waals surface area (Å²) in [5.74, 6) is 0. The number of pyridine rings is 1. The summed E-state index contributed by atoms with van der Waals surface area (Å²) in [6.07, 6.45) is 3.72. The summed E-state index contributed by atoms with van der Waals surface area (Å²) in [6.45, 7) is 3.11. The maximum Gasteiger partial charge on any atom is 0.0465 e. The van der Waals surface area contributed by atoms with Crippen LogP contribution in [0.2, 0.25) is 5.02 Å². The van der Waals surface area contributed by atoms with Crippen LogP contribution in [0.4, 0.5) is 0 Å². The van der Waals surface area contributed by atoms with Crippen LogP contribution in [0.25, 0.3) is 0 Å². The van der Waals surface area contributed by atoms with Crippen LogP contribution in [0, 0.1) is 0 Å². The first kappa shape index (κ1) is 16.9. The predicted molar refractivity (Wildman–Crippen MR) is 95.8 cm³/mol. The second-order valence-electron chi connectivity index (χ2n) is 4.84. The number of hydrogen-bond donors (Lipinski definition) is 1. The molecular formula is C16H17Br2ClN2. The molecule has 1 unspecified atom stereocenters. The largest absolute Gasteiger partial charge is 0.310 e. The molecule has 21 heavy (non-hydrogen) atoms. The second-order valence-corrected chi connectivity index (χ2v) is 7.08. The molecule has 1 aromatic carbocycles. The Kier molecular flexibility index (Phi) is 6.68. The Bertz CT molecular complexity index is 587. The van der Waals surface area contributed by atoms with Crippen LogP contribution < -0.4 is 5.32 Å². The lowest BCUT2D eigenvalue weighted by molar-refractivity contribution is 0.524. The average molecular weight is 433 g/mol. The maximum absolute atomic E-state index is 6.40. The molecule has 1 N–H and O–H groups in total. The number of hydrogen-bond acceptors (Lipinski definition) is 2. The molecule has 112 valence electrons. The normalized spacial score (nSPS) is 12.4. The fourth-order valence-corrected chi connectivity index (χ4v) is 3.17. The third kappa shape index (κ3) is 5.06. The van der Waals surface area contributed by atoms with Crippen molar-refractivity contribution in [1.29, 1.82) is 0 Å². The predicted octanol–water partition coefficient (Wildman–Crippen LogP) is 5.54. The van der Waals surface area contributed by atoms with Gasteiger partial charge in [-0.05, 0) is 58.7 Å². The number of nitrogens with zero attached hydrogens (tertiary/aromatic N) is 1. The Hall–Kier alpha value is -0.420. The molecule has 0 aliphatic rings. The monoisotopic (exact) mass is 430 g/mol. The van der Waals surface area contributed by atoms with Gasteiger partial charge in [-0.1, -0.05) is 40.5 Å². The van der Waals surface area contributed by atoms with Crippen molar-refractivity contribution in [3.05, 3.63) is 61.8 Å². The third-order valence-corrected chi connectivity index (χ3v) is 4.47. The Balaban J connectivity index is 2.22. The van der Waals surface area contributed by atoms with Gasteiger partial charge in [0, 0.05) is 38.3 Å². The maximum atomic E-state index is 6.40. The minimum atomic E-state index is 0.166. The van der Waals surface area contributed by atoms with Gasteiger partial charge in [0.1, 0.15) is 0 Å². The fourth-order valence-electron chi connectivity index (χ4n) is 2.13. The van der Waals surface area contributed by atoms with Gasteiger partial charge in [-0.15, -0.1) is 0 Å². The van der Waals surface area contributed by atoms with E-state index in [2.05, 4.69) is 55.2 Å². The lowest BCUT2D eigenvalue weighted by Crippen LogP contribution is -2.24. The van der Waals surface area contributed by atoms with Crippen molar-refractivity contribution < 1.29 is 0 Å².